The lowest BCUT2D eigenvalue weighted by Gasteiger charge is -2.11. The lowest BCUT2D eigenvalue weighted by Crippen LogP contribution is -2.09. The molecule has 76 valence electrons. The summed E-state index contributed by atoms with van der Waals surface area (Å²) in [6, 6.07) is 0. The molecular weight excluding hydrogens is 152 g/mol. The molecule has 2 N–H and O–H groups in total. The first-order valence-corrected chi connectivity index (χ1v) is 4.59. The van der Waals surface area contributed by atoms with E-state index in [0.29, 0.717) is 12.5 Å². The third-order valence-electron chi connectivity index (χ3n) is 1.48. The topological polar surface area (TPSA) is 40.5 Å². The van der Waals surface area contributed by atoms with Crippen LogP contribution in [0.3, 0.4) is 0 Å². The van der Waals surface area contributed by atoms with Gasteiger partial charge in [-0.25, -0.2) is 0 Å². The van der Waals surface area contributed by atoms with Gasteiger partial charge in [0.05, 0.1) is 0 Å². The van der Waals surface area contributed by atoms with E-state index < -0.39 is 0 Å². The van der Waals surface area contributed by atoms with E-state index in [4.69, 9.17) is 10.2 Å². The van der Waals surface area contributed by atoms with Crippen LogP contribution in [0.15, 0.2) is 0 Å². The van der Waals surface area contributed by atoms with E-state index in [1.54, 1.807) is 0 Å². The predicted octanol–water partition coefficient (Wildman–Crippen LogP) is 2.05. The van der Waals surface area contributed by atoms with Crippen LogP contribution in [0, 0.1) is 11.3 Å². The Bertz CT molecular complexity index is 80.3. The van der Waals surface area contributed by atoms with Gasteiger partial charge < -0.3 is 10.2 Å². The summed E-state index contributed by atoms with van der Waals surface area (Å²) in [4.78, 5) is 0. The lowest BCUT2D eigenvalue weighted by atomic mass is 9.99. The first kappa shape index (κ1) is 14.4. The molecule has 0 spiro atoms. The molecule has 0 aliphatic carbocycles. The number of hydrogen-bond acceptors (Lipinski definition) is 2. The maximum Gasteiger partial charge on any atom is 0.0479 e. The maximum atomic E-state index is 8.40. The van der Waals surface area contributed by atoms with Crippen LogP contribution in [0.4, 0.5) is 0 Å². The highest BCUT2D eigenvalue weighted by atomic mass is 16.3. The van der Waals surface area contributed by atoms with Crippen LogP contribution < -0.4 is 0 Å². The van der Waals surface area contributed by atoms with Gasteiger partial charge in [0.25, 0.3) is 0 Å². The molecule has 0 aliphatic heterocycles. The molecule has 0 aliphatic rings. The third-order valence-corrected chi connectivity index (χ3v) is 1.48. The van der Waals surface area contributed by atoms with Crippen molar-refractivity contribution >= 4 is 0 Å². The van der Waals surface area contributed by atoms with Gasteiger partial charge in [0.15, 0.2) is 0 Å². The van der Waals surface area contributed by atoms with Crippen molar-refractivity contribution in [1.29, 1.82) is 0 Å². The van der Waals surface area contributed by atoms with Crippen molar-refractivity contribution in [3.05, 3.63) is 0 Å². The van der Waals surface area contributed by atoms with Gasteiger partial charge in [0, 0.05) is 13.2 Å². The van der Waals surface area contributed by atoms with Gasteiger partial charge in [0.1, 0.15) is 0 Å². The van der Waals surface area contributed by atoms with E-state index in [-0.39, 0.29) is 12.0 Å². The predicted molar refractivity (Wildman–Crippen MR) is 53.1 cm³/mol. The Kier molecular flexibility index (Phi) is 9.10. The van der Waals surface area contributed by atoms with Crippen molar-refractivity contribution in [3.63, 3.8) is 0 Å². The average molecular weight is 176 g/mol. The SMILES string of the molecule is CC(C)(C)CO.CCC(C)CO. The normalized spacial score (nSPS) is 13.2. The average Bonchev–Trinajstić information content (AvgIpc) is 2.03. The minimum absolute atomic E-state index is 0.0972. The highest BCUT2D eigenvalue weighted by Gasteiger charge is 2.05. The Morgan fingerprint density at radius 2 is 1.50 bits per heavy atom. The third kappa shape index (κ3) is 16.5. The van der Waals surface area contributed by atoms with Gasteiger partial charge in [-0.15, -0.1) is 0 Å². The van der Waals surface area contributed by atoms with E-state index in [1.165, 1.54) is 0 Å². The van der Waals surface area contributed by atoms with Crippen molar-refractivity contribution in [3.8, 4) is 0 Å². The van der Waals surface area contributed by atoms with Crippen LogP contribution in [0.1, 0.15) is 41.0 Å². The van der Waals surface area contributed by atoms with Crippen LogP contribution in [0.25, 0.3) is 0 Å². The van der Waals surface area contributed by atoms with Crippen LogP contribution in [0.5, 0.6) is 0 Å². The molecule has 0 saturated heterocycles. The minimum Gasteiger partial charge on any atom is -0.396 e. The molecular formula is C10H24O2. The van der Waals surface area contributed by atoms with Gasteiger partial charge in [0.2, 0.25) is 0 Å². The smallest absolute Gasteiger partial charge is 0.0479 e. The molecule has 0 aromatic rings. The number of rotatable bonds is 2. The summed E-state index contributed by atoms with van der Waals surface area (Å²) < 4.78 is 0. The van der Waals surface area contributed by atoms with Gasteiger partial charge in [-0.05, 0) is 11.3 Å². The fourth-order valence-corrected chi connectivity index (χ4v) is 0.129. The molecule has 0 aromatic carbocycles. The summed E-state index contributed by atoms with van der Waals surface area (Å²) in [6.07, 6.45) is 1.08. The molecule has 12 heavy (non-hydrogen) atoms. The van der Waals surface area contributed by atoms with Crippen molar-refractivity contribution in [1.82, 2.24) is 0 Å². The second-order valence-electron chi connectivity index (χ2n) is 4.41. The zero-order chi connectivity index (χ0) is 10.2. The van der Waals surface area contributed by atoms with Gasteiger partial charge >= 0.3 is 0 Å². The molecule has 2 heteroatoms. The summed E-state index contributed by atoms with van der Waals surface area (Å²) in [7, 11) is 0. The second-order valence-corrected chi connectivity index (χ2v) is 4.41. The fourth-order valence-electron chi connectivity index (χ4n) is 0.129. The Labute approximate surface area is 76.6 Å². The van der Waals surface area contributed by atoms with Crippen molar-refractivity contribution < 1.29 is 10.2 Å². The maximum absolute atomic E-state index is 8.40. The molecule has 0 heterocycles. The van der Waals surface area contributed by atoms with Gasteiger partial charge in [-0.1, -0.05) is 41.0 Å². The largest absolute Gasteiger partial charge is 0.396 e. The number of hydrogen-bond donors (Lipinski definition) is 2. The highest BCUT2D eigenvalue weighted by Crippen LogP contribution is 2.09. The monoisotopic (exact) mass is 176 g/mol. The van der Waals surface area contributed by atoms with Crippen LogP contribution >= 0.6 is 0 Å². The Morgan fingerprint density at radius 1 is 1.17 bits per heavy atom. The molecule has 0 saturated carbocycles. The standard InChI is InChI=1S/2C5H12O/c1-5(2,3)4-6;1-3-5(2)4-6/h6H,4H2,1-3H3;5-6H,3-4H2,1-2H3. The number of aliphatic hydroxyl groups excluding tert-OH is 2. The summed E-state index contributed by atoms with van der Waals surface area (Å²) in [5.74, 6) is 0.491. The zero-order valence-electron chi connectivity index (χ0n) is 9.09. The van der Waals surface area contributed by atoms with Gasteiger partial charge in [-0.2, -0.15) is 0 Å². The molecule has 1 atom stereocenters. The molecule has 0 aromatic heterocycles. The fraction of sp³-hybridized carbons (Fsp3) is 1.00. The summed E-state index contributed by atoms with van der Waals surface area (Å²) in [5.41, 5.74) is 0.0972. The quantitative estimate of drug-likeness (QED) is 0.676. The minimum atomic E-state index is 0.0972. The van der Waals surface area contributed by atoms with Crippen molar-refractivity contribution in [2.45, 2.75) is 41.0 Å². The Hall–Kier alpha value is -0.0800. The molecule has 2 nitrogen and oxygen atoms in total. The second kappa shape index (κ2) is 7.56. The van der Waals surface area contributed by atoms with Gasteiger partial charge in [-0.3, -0.25) is 0 Å². The van der Waals surface area contributed by atoms with Crippen LogP contribution in [0.2, 0.25) is 0 Å². The summed E-state index contributed by atoms with van der Waals surface area (Å²) >= 11 is 0. The van der Waals surface area contributed by atoms with E-state index in [0.717, 1.165) is 6.42 Å². The molecule has 0 amide bonds. The van der Waals surface area contributed by atoms with Crippen LogP contribution in [-0.2, 0) is 0 Å². The van der Waals surface area contributed by atoms with E-state index in [2.05, 4.69) is 6.92 Å². The first-order valence-electron chi connectivity index (χ1n) is 4.59. The van der Waals surface area contributed by atoms with Crippen LogP contribution in [-0.4, -0.2) is 23.4 Å². The lowest BCUT2D eigenvalue weighted by molar-refractivity contribution is 0.177. The van der Waals surface area contributed by atoms with E-state index in [9.17, 15) is 0 Å². The summed E-state index contributed by atoms with van der Waals surface area (Å²) in [6.45, 7) is 10.7. The zero-order valence-corrected chi connectivity index (χ0v) is 9.09. The molecule has 0 rings (SSSR count). The van der Waals surface area contributed by atoms with E-state index in [1.807, 2.05) is 27.7 Å². The molecule has 0 bridgehead atoms. The van der Waals surface area contributed by atoms with Crippen molar-refractivity contribution in [2.24, 2.45) is 11.3 Å². The first-order chi connectivity index (χ1) is 5.37. The molecule has 0 radical (unpaired) electrons. The number of aliphatic hydroxyl groups is 2. The Morgan fingerprint density at radius 3 is 1.50 bits per heavy atom. The molecule has 1 unspecified atom stereocenters. The van der Waals surface area contributed by atoms with Crippen molar-refractivity contribution in [2.75, 3.05) is 13.2 Å². The molecule has 0 fully saturated rings. The Balaban J connectivity index is 0. The summed E-state index contributed by atoms with van der Waals surface area (Å²) in [5, 5.41) is 16.7. The van der Waals surface area contributed by atoms with E-state index >= 15 is 0 Å². The highest BCUT2D eigenvalue weighted by molar-refractivity contribution is 4.55.